The summed E-state index contributed by atoms with van der Waals surface area (Å²) in [5, 5.41) is 26.6. The van der Waals surface area contributed by atoms with Gasteiger partial charge in [-0.25, -0.2) is 0 Å². The molecule has 0 aromatic carbocycles. The summed E-state index contributed by atoms with van der Waals surface area (Å²) in [7, 11) is 0. The predicted molar refractivity (Wildman–Crippen MR) is 38.9 cm³/mol. The molecule has 0 radical (unpaired) electrons. The standard InChI is InChI=1S/C7H12O4/c1-3-5(9)7(11)6(10)4(2)8/h3-4,6-8,10-11H,1H2,2H3. The lowest BCUT2D eigenvalue weighted by Crippen LogP contribution is -2.40. The first-order chi connectivity index (χ1) is 5.00. The largest absolute Gasteiger partial charge is 0.391 e. The van der Waals surface area contributed by atoms with Gasteiger partial charge in [-0.05, 0) is 13.0 Å². The molecule has 4 heteroatoms. The normalized spacial score (nSPS) is 18.5. The highest BCUT2D eigenvalue weighted by Crippen LogP contribution is 2.00. The highest BCUT2D eigenvalue weighted by molar-refractivity contribution is 5.93. The minimum atomic E-state index is -1.58. The van der Waals surface area contributed by atoms with Crippen molar-refractivity contribution in [1.82, 2.24) is 0 Å². The average molecular weight is 160 g/mol. The predicted octanol–water partition coefficient (Wildman–Crippen LogP) is -1.16. The second-order valence-corrected chi connectivity index (χ2v) is 2.28. The SMILES string of the molecule is C=CC(=O)C(O)C(O)C(C)O. The van der Waals surface area contributed by atoms with Gasteiger partial charge in [-0.2, -0.15) is 0 Å². The molecule has 0 spiro atoms. The lowest BCUT2D eigenvalue weighted by Gasteiger charge is -2.17. The highest BCUT2D eigenvalue weighted by Gasteiger charge is 2.25. The minimum absolute atomic E-state index is 0.696. The van der Waals surface area contributed by atoms with E-state index in [2.05, 4.69) is 6.58 Å². The summed E-state index contributed by atoms with van der Waals surface area (Å²) in [6, 6.07) is 0. The third-order valence-electron chi connectivity index (χ3n) is 1.31. The van der Waals surface area contributed by atoms with Crippen molar-refractivity contribution in [3.8, 4) is 0 Å². The molecule has 3 N–H and O–H groups in total. The summed E-state index contributed by atoms with van der Waals surface area (Å²) in [6.07, 6.45) is -3.25. The molecule has 64 valence electrons. The lowest BCUT2D eigenvalue weighted by molar-refractivity contribution is -0.132. The van der Waals surface area contributed by atoms with E-state index in [1.54, 1.807) is 0 Å². The van der Waals surface area contributed by atoms with Crippen LogP contribution < -0.4 is 0 Å². The molecule has 0 amide bonds. The number of rotatable bonds is 4. The van der Waals surface area contributed by atoms with Gasteiger partial charge in [0.1, 0.15) is 12.2 Å². The van der Waals surface area contributed by atoms with Crippen molar-refractivity contribution >= 4 is 5.78 Å². The number of aliphatic hydroxyl groups is 3. The van der Waals surface area contributed by atoms with Crippen LogP contribution in [-0.2, 0) is 4.79 Å². The van der Waals surface area contributed by atoms with E-state index in [9.17, 15) is 4.79 Å². The van der Waals surface area contributed by atoms with Gasteiger partial charge in [0, 0.05) is 0 Å². The molecule has 3 unspecified atom stereocenters. The first-order valence-corrected chi connectivity index (χ1v) is 3.21. The first-order valence-electron chi connectivity index (χ1n) is 3.21. The fourth-order valence-electron chi connectivity index (χ4n) is 0.553. The number of hydrogen-bond donors (Lipinski definition) is 3. The zero-order valence-electron chi connectivity index (χ0n) is 6.27. The van der Waals surface area contributed by atoms with Gasteiger partial charge in [-0.1, -0.05) is 6.58 Å². The number of aliphatic hydroxyl groups excluding tert-OH is 3. The van der Waals surface area contributed by atoms with Gasteiger partial charge < -0.3 is 15.3 Å². The third kappa shape index (κ3) is 2.80. The van der Waals surface area contributed by atoms with Crippen molar-refractivity contribution < 1.29 is 20.1 Å². The van der Waals surface area contributed by atoms with Crippen LogP contribution in [-0.4, -0.2) is 39.4 Å². The molecule has 0 saturated carbocycles. The summed E-state index contributed by atoms with van der Waals surface area (Å²) >= 11 is 0. The Morgan fingerprint density at radius 3 is 2.18 bits per heavy atom. The molecule has 11 heavy (non-hydrogen) atoms. The maximum atomic E-state index is 10.6. The van der Waals surface area contributed by atoms with E-state index in [0.717, 1.165) is 6.08 Å². The fraction of sp³-hybridized carbons (Fsp3) is 0.571. The van der Waals surface area contributed by atoms with Crippen LogP contribution in [0.25, 0.3) is 0 Å². The van der Waals surface area contributed by atoms with Crippen LogP contribution in [0, 0.1) is 0 Å². The summed E-state index contributed by atoms with van der Waals surface area (Å²) in [5.41, 5.74) is 0. The van der Waals surface area contributed by atoms with E-state index in [4.69, 9.17) is 15.3 Å². The molecular weight excluding hydrogens is 148 g/mol. The van der Waals surface area contributed by atoms with Crippen molar-refractivity contribution in [2.24, 2.45) is 0 Å². The Morgan fingerprint density at radius 2 is 1.91 bits per heavy atom. The van der Waals surface area contributed by atoms with Crippen LogP contribution in [0.1, 0.15) is 6.92 Å². The second kappa shape index (κ2) is 4.23. The van der Waals surface area contributed by atoms with Crippen LogP contribution in [0.4, 0.5) is 0 Å². The molecule has 0 heterocycles. The minimum Gasteiger partial charge on any atom is -0.391 e. The number of carbonyl (C=O) groups is 1. The van der Waals surface area contributed by atoms with E-state index < -0.39 is 24.1 Å². The van der Waals surface area contributed by atoms with Crippen molar-refractivity contribution in [1.29, 1.82) is 0 Å². The second-order valence-electron chi connectivity index (χ2n) is 2.28. The lowest BCUT2D eigenvalue weighted by atomic mass is 10.1. The summed E-state index contributed by atoms with van der Waals surface area (Å²) in [5.74, 6) is -0.696. The zero-order valence-corrected chi connectivity index (χ0v) is 6.27. The van der Waals surface area contributed by atoms with Gasteiger partial charge in [0.05, 0.1) is 6.10 Å². The van der Waals surface area contributed by atoms with E-state index in [1.165, 1.54) is 6.92 Å². The quantitative estimate of drug-likeness (QED) is 0.453. The molecule has 0 aromatic rings. The Balaban J connectivity index is 4.11. The van der Waals surface area contributed by atoms with E-state index in [-0.39, 0.29) is 0 Å². The van der Waals surface area contributed by atoms with Crippen molar-refractivity contribution in [2.75, 3.05) is 0 Å². The zero-order chi connectivity index (χ0) is 9.02. The van der Waals surface area contributed by atoms with Crippen LogP contribution >= 0.6 is 0 Å². The van der Waals surface area contributed by atoms with Crippen LogP contribution in [0.5, 0.6) is 0 Å². The molecule has 0 saturated heterocycles. The molecule has 0 rings (SSSR count). The summed E-state index contributed by atoms with van der Waals surface area (Å²) < 4.78 is 0. The topological polar surface area (TPSA) is 77.8 Å². The van der Waals surface area contributed by atoms with Gasteiger partial charge in [-0.3, -0.25) is 4.79 Å². The molecule has 0 aliphatic rings. The Hall–Kier alpha value is -0.710. The van der Waals surface area contributed by atoms with Gasteiger partial charge in [0.25, 0.3) is 0 Å². The van der Waals surface area contributed by atoms with E-state index >= 15 is 0 Å². The van der Waals surface area contributed by atoms with Crippen LogP contribution in [0.2, 0.25) is 0 Å². The molecule has 0 bridgehead atoms. The van der Waals surface area contributed by atoms with Gasteiger partial charge in [0.2, 0.25) is 0 Å². The Morgan fingerprint density at radius 1 is 1.45 bits per heavy atom. The van der Waals surface area contributed by atoms with Gasteiger partial charge >= 0.3 is 0 Å². The Labute approximate surface area is 64.8 Å². The molecule has 0 aliphatic carbocycles. The van der Waals surface area contributed by atoms with Gasteiger partial charge in [0.15, 0.2) is 5.78 Å². The fourth-order valence-corrected chi connectivity index (χ4v) is 0.553. The summed E-state index contributed by atoms with van der Waals surface area (Å²) in [4.78, 5) is 10.6. The molecule has 0 aliphatic heterocycles. The first kappa shape index (κ1) is 10.3. The smallest absolute Gasteiger partial charge is 0.186 e. The van der Waals surface area contributed by atoms with E-state index in [1.807, 2.05) is 0 Å². The number of hydrogen-bond acceptors (Lipinski definition) is 4. The maximum absolute atomic E-state index is 10.6. The number of carbonyl (C=O) groups excluding carboxylic acids is 1. The van der Waals surface area contributed by atoms with Gasteiger partial charge in [-0.15, -0.1) is 0 Å². The Kier molecular flexibility index (Phi) is 3.95. The third-order valence-corrected chi connectivity index (χ3v) is 1.31. The monoisotopic (exact) mass is 160 g/mol. The van der Waals surface area contributed by atoms with E-state index in [0.29, 0.717) is 0 Å². The molecule has 3 atom stereocenters. The van der Waals surface area contributed by atoms with Crippen LogP contribution in [0.3, 0.4) is 0 Å². The molecular formula is C7H12O4. The van der Waals surface area contributed by atoms with Crippen molar-refractivity contribution in [3.05, 3.63) is 12.7 Å². The summed E-state index contributed by atoms with van der Waals surface area (Å²) in [6.45, 7) is 4.40. The highest BCUT2D eigenvalue weighted by atomic mass is 16.4. The Bertz CT molecular complexity index is 153. The van der Waals surface area contributed by atoms with Crippen molar-refractivity contribution in [3.63, 3.8) is 0 Å². The molecule has 4 nitrogen and oxygen atoms in total. The molecule has 0 aromatic heterocycles. The maximum Gasteiger partial charge on any atom is 0.186 e. The van der Waals surface area contributed by atoms with Crippen molar-refractivity contribution in [2.45, 2.75) is 25.2 Å². The number of ketones is 1. The van der Waals surface area contributed by atoms with Crippen LogP contribution in [0.15, 0.2) is 12.7 Å². The molecule has 0 fully saturated rings. The average Bonchev–Trinajstić information content (AvgIpc) is 2.00.